The molecule has 1 aliphatic rings. The van der Waals surface area contributed by atoms with E-state index in [1.165, 1.54) is 0 Å². The van der Waals surface area contributed by atoms with Gasteiger partial charge in [-0.3, -0.25) is 14.9 Å². The van der Waals surface area contributed by atoms with Gasteiger partial charge in [0.15, 0.2) is 11.5 Å². The van der Waals surface area contributed by atoms with E-state index < -0.39 is 5.69 Å². The van der Waals surface area contributed by atoms with Crippen molar-refractivity contribution in [2.24, 2.45) is 0 Å². The van der Waals surface area contributed by atoms with Gasteiger partial charge in [0.1, 0.15) is 0 Å². The first-order valence-corrected chi connectivity index (χ1v) is 6.16. The average Bonchev–Trinajstić information content (AvgIpc) is 3.02. The van der Waals surface area contributed by atoms with Crippen LogP contribution in [0.25, 0.3) is 0 Å². The number of rotatable bonds is 3. The largest absolute Gasteiger partial charge is 0.341 e. The van der Waals surface area contributed by atoms with E-state index in [1.807, 2.05) is 0 Å². The van der Waals surface area contributed by atoms with Crippen LogP contribution in [0.2, 0.25) is 0 Å². The van der Waals surface area contributed by atoms with Crippen molar-refractivity contribution >= 4 is 5.91 Å². The van der Waals surface area contributed by atoms with Crippen LogP contribution >= 0.6 is 0 Å². The third kappa shape index (κ3) is 2.05. The van der Waals surface area contributed by atoms with Gasteiger partial charge in [0.25, 0.3) is 5.91 Å². The van der Waals surface area contributed by atoms with Gasteiger partial charge in [0.05, 0.1) is 6.04 Å². The standard InChI is InChI=1S/C11H14N6O2/c1-5(9-13-11(19)17-16-9)12-10(18)8-6-3-2-4-7(6)14-15-8/h5H,2-4H2,1H3,(H,12,18)(H,14,15)(H2,13,16,17,19). The summed E-state index contributed by atoms with van der Waals surface area (Å²) in [4.78, 5) is 25.6. The quantitative estimate of drug-likeness (QED) is 0.612. The smallest absolute Gasteiger partial charge is 0.340 e. The summed E-state index contributed by atoms with van der Waals surface area (Å²) in [5.74, 6) is 0.140. The first kappa shape index (κ1) is 11.7. The minimum absolute atomic E-state index is 0.254. The third-order valence-corrected chi connectivity index (χ3v) is 3.30. The van der Waals surface area contributed by atoms with Gasteiger partial charge in [-0.15, -0.1) is 0 Å². The first-order chi connectivity index (χ1) is 9.15. The molecule has 0 bridgehead atoms. The van der Waals surface area contributed by atoms with Gasteiger partial charge in [0.2, 0.25) is 0 Å². The molecule has 100 valence electrons. The molecule has 0 aromatic carbocycles. The van der Waals surface area contributed by atoms with E-state index >= 15 is 0 Å². The number of aromatic amines is 3. The number of aryl methyl sites for hydroxylation is 1. The molecule has 1 amide bonds. The van der Waals surface area contributed by atoms with E-state index in [1.54, 1.807) is 6.92 Å². The highest BCUT2D eigenvalue weighted by Gasteiger charge is 2.24. The molecule has 0 saturated heterocycles. The summed E-state index contributed by atoms with van der Waals surface area (Å²) in [7, 11) is 0. The summed E-state index contributed by atoms with van der Waals surface area (Å²) in [6.45, 7) is 1.75. The Morgan fingerprint density at radius 1 is 1.32 bits per heavy atom. The number of hydrogen-bond donors (Lipinski definition) is 4. The lowest BCUT2D eigenvalue weighted by molar-refractivity contribution is 0.0932. The number of carbonyl (C=O) groups excluding carboxylic acids is 1. The summed E-state index contributed by atoms with van der Waals surface area (Å²) in [6, 6.07) is -0.389. The Bertz CT molecular complexity index is 667. The van der Waals surface area contributed by atoms with Crippen LogP contribution in [0.4, 0.5) is 0 Å². The van der Waals surface area contributed by atoms with Crippen LogP contribution in [0.15, 0.2) is 4.79 Å². The molecule has 1 aliphatic carbocycles. The lowest BCUT2D eigenvalue weighted by Gasteiger charge is -2.09. The fourth-order valence-corrected chi connectivity index (χ4v) is 2.33. The maximum absolute atomic E-state index is 12.1. The molecule has 0 spiro atoms. The van der Waals surface area contributed by atoms with Crippen molar-refractivity contribution in [3.05, 3.63) is 33.3 Å². The number of carbonyl (C=O) groups is 1. The number of nitrogens with one attached hydrogen (secondary N) is 4. The Morgan fingerprint density at radius 2 is 2.16 bits per heavy atom. The molecule has 4 N–H and O–H groups in total. The molecule has 19 heavy (non-hydrogen) atoms. The van der Waals surface area contributed by atoms with E-state index in [9.17, 15) is 9.59 Å². The highest BCUT2D eigenvalue weighted by Crippen LogP contribution is 2.22. The summed E-state index contributed by atoms with van der Waals surface area (Å²) >= 11 is 0. The Labute approximate surface area is 108 Å². The number of fused-ring (bicyclic) bond motifs is 1. The van der Waals surface area contributed by atoms with Crippen molar-refractivity contribution in [2.45, 2.75) is 32.2 Å². The lowest BCUT2D eigenvalue weighted by atomic mass is 10.2. The Balaban J connectivity index is 1.76. The van der Waals surface area contributed by atoms with Gasteiger partial charge in [-0.1, -0.05) is 0 Å². The van der Waals surface area contributed by atoms with E-state index in [-0.39, 0.29) is 11.9 Å². The zero-order valence-electron chi connectivity index (χ0n) is 10.4. The van der Waals surface area contributed by atoms with Gasteiger partial charge in [-0.05, 0) is 26.2 Å². The molecule has 8 nitrogen and oxygen atoms in total. The Kier molecular flexibility index (Phi) is 2.69. The van der Waals surface area contributed by atoms with Gasteiger partial charge in [-0.25, -0.2) is 9.89 Å². The van der Waals surface area contributed by atoms with Crippen molar-refractivity contribution in [1.82, 2.24) is 30.7 Å². The van der Waals surface area contributed by atoms with Gasteiger partial charge in [-0.2, -0.15) is 10.2 Å². The van der Waals surface area contributed by atoms with Gasteiger partial charge in [0, 0.05) is 11.3 Å². The molecular formula is C11H14N6O2. The molecule has 2 heterocycles. The van der Waals surface area contributed by atoms with Crippen molar-refractivity contribution in [3.63, 3.8) is 0 Å². The highest BCUT2D eigenvalue weighted by atomic mass is 16.2. The van der Waals surface area contributed by atoms with Crippen LogP contribution < -0.4 is 11.0 Å². The van der Waals surface area contributed by atoms with Gasteiger partial charge >= 0.3 is 5.69 Å². The minimum Gasteiger partial charge on any atom is -0.341 e. The SMILES string of the molecule is CC(NC(=O)c1n[nH]c2c1CCC2)c1n[nH]c(=O)[nH]1. The molecule has 0 saturated carbocycles. The number of aromatic nitrogens is 5. The molecule has 1 atom stereocenters. The molecule has 8 heteroatoms. The second-order valence-corrected chi connectivity index (χ2v) is 4.64. The van der Waals surface area contributed by atoms with Crippen LogP contribution in [0, 0.1) is 0 Å². The normalized spacial score (nSPS) is 15.2. The lowest BCUT2D eigenvalue weighted by Crippen LogP contribution is -2.28. The molecular weight excluding hydrogens is 248 g/mol. The summed E-state index contributed by atoms with van der Waals surface area (Å²) in [5.41, 5.74) is 2.10. The second kappa shape index (κ2) is 4.38. The number of hydrogen-bond acceptors (Lipinski definition) is 4. The van der Waals surface area contributed by atoms with E-state index in [2.05, 4.69) is 30.7 Å². The molecule has 2 aromatic heterocycles. The van der Waals surface area contributed by atoms with Gasteiger partial charge < -0.3 is 5.32 Å². The van der Waals surface area contributed by atoms with E-state index in [0.717, 1.165) is 30.5 Å². The molecule has 0 aliphatic heterocycles. The highest BCUT2D eigenvalue weighted by molar-refractivity contribution is 5.94. The first-order valence-electron chi connectivity index (χ1n) is 6.16. The predicted molar refractivity (Wildman–Crippen MR) is 65.7 cm³/mol. The zero-order valence-corrected chi connectivity index (χ0v) is 10.4. The molecule has 0 fully saturated rings. The molecule has 0 radical (unpaired) electrons. The summed E-state index contributed by atoms with van der Waals surface area (Å²) in [5, 5.41) is 15.8. The van der Waals surface area contributed by atoms with Crippen LogP contribution in [0.1, 0.15) is 47.0 Å². The van der Waals surface area contributed by atoms with Crippen LogP contribution in [-0.4, -0.2) is 31.3 Å². The monoisotopic (exact) mass is 262 g/mol. The minimum atomic E-state index is -0.392. The molecule has 2 aromatic rings. The zero-order chi connectivity index (χ0) is 13.4. The predicted octanol–water partition coefficient (Wildman–Crippen LogP) is -0.199. The van der Waals surface area contributed by atoms with Crippen LogP contribution in [0.5, 0.6) is 0 Å². The van der Waals surface area contributed by atoms with Crippen molar-refractivity contribution in [3.8, 4) is 0 Å². The van der Waals surface area contributed by atoms with Crippen LogP contribution in [-0.2, 0) is 12.8 Å². The van der Waals surface area contributed by atoms with Crippen LogP contribution in [0.3, 0.4) is 0 Å². The van der Waals surface area contributed by atoms with E-state index in [0.29, 0.717) is 11.5 Å². The molecule has 1 unspecified atom stereocenters. The molecule has 3 rings (SSSR count). The van der Waals surface area contributed by atoms with Crippen molar-refractivity contribution < 1.29 is 4.79 Å². The Morgan fingerprint density at radius 3 is 2.89 bits per heavy atom. The Hall–Kier alpha value is -2.38. The van der Waals surface area contributed by atoms with Crippen molar-refractivity contribution in [1.29, 1.82) is 0 Å². The van der Waals surface area contributed by atoms with Crippen molar-refractivity contribution in [2.75, 3.05) is 0 Å². The second-order valence-electron chi connectivity index (χ2n) is 4.64. The summed E-state index contributed by atoms with van der Waals surface area (Å²) in [6.07, 6.45) is 2.87. The number of H-pyrrole nitrogens is 3. The maximum Gasteiger partial charge on any atom is 0.340 e. The third-order valence-electron chi connectivity index (χ3n) is 3.30. The maximum atomic E-state index is 12.1. The topological polar surface area (TPSA) is 119 Å². The summed E-state index contributed by atoms with van der Waals surface area (Å²) < 4.78 is 0. The number of nitrogens with zero attached hydrogens (tertiary/aromatic N) is 2. The fourth-order valence-electron chi connectivity index (χ4n) is 2.33. The fraction of sp³-hybridized carbons (Fsp3) is 0.455. The average molecular weight is 262 g/mol. The number of amides is 1. The van der Waals surface area contributed by atoms with E-state index in [4.69, 9.17) is 0 Å².